The van der Waals surface area contributed by atoms with E-state index in [-0.39, 0.29) is 11.6 Å². The molecule has 2 aliphatic rings. The van der Waals surface area contributed by atoms with Gasteiger partial charge < -0.3 is 24.2 Å². The van der Waals surface area contributed by atoms with Gasteiger partial charge in [0.25, 0.3) is 11.6 Å². The number of nitro groups is 1. The Morgan fingerprint density at radius 3 is 2.26 bits per heavy atom. The Bertz CT molecular complexity index is 935. The van der Waals surface area contributed by atoms with Crippen LogP contribution in [0.3, 0.4) is 0 Å². The van der Waals surface area contributed by atoms with Crippen molar-refractivity contribution in [3.63, 3.8) is 0 Å². The number of benzene rings is 2. The van der Waals surface area contributed by atoms with Crippen molar-refractivity contribution in [3.05, 3.63) is 58.1 Å². The van der Waals surface area contributed by atoms with Crippen molar-refractivity contribution < 1.29 is 19.2 Å². The predicted octanol–water partition coefficient (Wildman–Crippen LogP) is 2.40. The molecule has 164 valence electrons. The van der Waals surface area contributed by atoms with Gasteiger partial charge in [0, 0.05) is 56.6 Å². The maximum Gasteiger partial charge on any atom is 0.293 e. The minimum absolute atomic E-state index is 0.0374. The van der Waals surface area contributed by atoms with Gasteiger partial charge in [-0.1, -0.05) is 0 Å². The molecule has 0 N–H and O–H groups in total. The lowest BCUT2D eigenvalue weighted by Gasteiger charge is -2.36. The minimum atomic E-state index is -0.414. The molecule has 0 saturated carbocycles. The van der Waals surface area contributed by atoms with Crippen molar-refractivity contribution in [2.24, 2.45) is 0 Å². The lowest BCUT2D eigenvalue weighted by atomic mass is 10.1. The molecule has 9 nitrogen and oxygen atoms in total. The molecule has 0 bridgehead atoms. The number of carbonyl (C=O) groups excluding carboxylic acids is 1. The Hall–Kier alpha value is -3.33. The molecule has 0 aromatic heterocycles. The summed E-state index contributed by atoms with van der Waals surface area (Å²) >= 11 is 0. The van der Waals surface area contributed by atoms with Gasteiger partial charge >= 0.3 is 0 Å². The molecule has 0 unspecified atom stereocenters. The Kier molecular flexibility index (Phi) is 6.22. The van der Waals surface area contributed by atoms with Crippen molar-refractivity contribution >= 4 is 23.0 Å². The molecule has 0 radical (unpaired) electrons. The fraction of sp³-hybridized carbons (Fsp3) is 0.409. The number of hydrogen-bond donors (Lipinski definition) is 0. The highest BCUT2D eigenvalue weighted by Gasteiger charge is 2.27. The van der Waals surface area contributed by atoms with E-state index in [1.54, 1.807) is 24.1 Å². The fourth-order valence-corrected chi connectivity index (χ4v) is 4.02. The van der Waals surface area contributed by atoms with Crippen molar-refractivity contribution in [2.75, 3.05) is 69.4 Å². The molecule has 2 heterocycles. The van der Waals surface area contributed by atoms with Crippen LogP contribution in [0.2, 0.25) is 0 Å². The molecule has 2 aliphatic heterocycles. The lowest BCUT2D eigenvalue weighted by molar-refractivity contribution is -0.384. The number of nitrogens with zero attached hydrogens (tertiary/aromatic N) is 4. The summed E-state index contributed by atoms with van der Waals surface area (Å²) in [5.74, 6) is 0.630. The van der Waals surface area contributed by atoms with Crippen LogP contribution in [-0.2, 0) is 4.74 Å². The number of ether oxygens (including phenoxy) is 2. The summed E-state index contributed by atoms with van der Waals surface area (Å²) in [7, 11) is 1.64. The molecule has 9 heteroatoms. The van der Waals surface area contributed by atoms with Gasteiger partial charge in [-0.15, -0.1) is 0 Å². The highest BCUT2D eigenvalue weighted by molar-refractivity contribution is 5.96. The van der Waals surface area contributed by atoms with Crippen LogP contribution in [0.5, 0.6) is 5.75 Å². The molecule has 2 fully saturated rings. The minimum Gasteiger partial charge on any atom is -0.497 e. The van der Waals surface area contributed by atoms with E-state index in [2.05, 4.69) is 4.90 Å². The average Bonchev–Trinajstić information content (AvgIpc) is 2.84. The topological polar surface area (TPSA) is 88.4 Å². The molecule has 4 rings (SSSR count). The number of carbonyl (C=O) groups is 1. The Morgan fingerprint density at radius 1 is 0.968 bits per heavy atom. The first-order valence-electron chi connectivity index (χ1n) is 10.4. The first-order chi connectivity index (χ1) is 15.1. The summed E-state index contributed by atoms with van der Waals surface area (Å²) in [6, 6.07) is 12.6. The number of anilines is 2. The standard InChI is InChI=1S/C22H26N4O5/c1-30-19-5-3-18(4-6-19)23-8-10-25(11-9-23)22(27)17-2-7-20(21(16-17)26(28)29)24-12-14-31-15-13-24/h2-7,16H,8-15H2,1H3. The average molecular weight is 426 g/mol. The molecule has 31 heavy (non-hydrogen) atoms. The molecule has 0 spiro atoms. The number of rotatable bonds is 5. The fourth-order valence-electron chi connectivity index (χ4n) is 4.02. The molecular formula is C22H26N4O5. The zero-order valence-electron chi connectivity index (χ0n) is 17.5. The molecule has 0 atom stereocenters. The van der Waals surface area contributed by atoms with Gasteiger partial charge in [0.15, 0.2) is 0 Å². The summed E-state index contributed by atoms with van der Waals surface area (Å²) in [5.41, 5.74) is 1.93. The van der Waals surface area contributed by atoms with E-state index >= 15 is 0 Å². The van der Waals surface area contributed by atoms with E-state index in [4.69, 9.17) is 9.47 Å². The van der Waals surface area contributed by atoms with Gasteiger partial charge in [-0.3, -0.25) is 14.9 Å². The zero-order valence-corrected chi connectivity index (χ0v) is 17.5. The second-order valence-electron chi connectivity index (χ2n) is 7.54. The van der Waals surface area contributed by atoms with E-state index in [0.29, 0.717) is 63.7 Å². The molecule has 1 amide bonds. The molecule has 0 aliphatic carbocycles. The highest BCUT2D eigenvalue weighted by Crippen LogP contribution is 2.30. The number of methoxy groups -OCH3 is 1. The number of morpholine rings is 1. The van der Waals surface area contributed by atoms with Crippen LogP contribution in [0.1, 0.15) is 10.4 Å². The third kappa shape index (κ3) is 4.56. The number of amides is 1. The Labute approximate surface area is 180 Å². The number of hydrogen-bond acceptors (Lipinski definition) is 7. The second kappa shape index (κ2) is 9.22. The van der Waals surface area contributed by atoms with Crippen LogP contribution < -0.4 is 14.5 Å². The second-order valence-corrected chi connectivity index (χ2v) is 7.54. The SMILES string of the molecule is COc1ccc(N2CCN(C(=O)c3ccc(N4CCOCC4)c([N+](=O)[O-])c3)CC2)cc1. The summed E-state index contributed by atoms with van der Waals surface area (Å²) in [6.07, 6.45) is 0. The largest absolute Gasteiger partial charge is 0.497 e. The number of piperazine rings is 1. The molecule has 2 aromatic rings. The summed E-state index contributed by atoms with van der Waals surface area (Å²) in [4.78, 5) is 30.2. The number of nitro benzene ring substituents is 1. The van der Waals surface area contributed by atoms with Crippen LogP contribution in [-0.4, -0.2) is 75.3 Å². The van der Waals surface area contributed by atoms with Crippen molar-refractivity contribution in [1.82, 2.24) is 4.90 Å². The van der Waals surface area contributed by atoms with Gasteiger partial charge in [-0.2, -0.15) is 0 Å². The lowest BCUT2D eigenvalue weighted by Crippen LogP contribution is -2.48. The summed E-state index contributed by atoms with van der Waals surface area (Å²) < 4.78 is 10.5. The first kappa shape index (κ1) is 20.9. The van der Waals surface area contributed by atoms with Gasteiger partial charge in [-0.25, -0.2) is 0 Å². The van der Waals surface area contributed by atoms with E-state index in [9.17, 15) is 14.9 Å². The van der Waals surface area contributed by atoms with Crippen LogP contribution in [0.4, 0.5) is 17.1 Å². The third-order valence-electron chi connectivity index (χ3n) is 5.78. The molecule has 2 aromatic carbocycles. The Balaban J connectivity index is 1.44. The normalized spacial score (nSPS) is 16.9. The van der Waals surface area contributed by atoms with Crippen LogP contribution in [0.25, 0.3) is 0 Å². The maximum absolute atomic E-state index is 13.0. The van der Waals surface area contributed by atoms with E-state index < -0.39 is 4.92 Å². The van der Waals surface area contributed by atoms with Crippen LogP contribution in [0.15, 0.2) is 42.5 Å². The van der Waals surface area contributed by atoms with Crippen LogP contribution in [0, 0.1) is 10.1 Å². The summed E-state index contributed by atoms with van der Waals surface area (Å²) in [6.45, 7) is 4.79. The van der Waals surface area contributed by atoms with Gasteiger partial charge in [0.1, 0.15) is 11.4 Å². The molecule has 2 saturated heterocycles. The van der Waals surface area contributed by atoms with Gasteiger partial charge in [0.2, 0.25) is 0 Å². The van der Waals surface area contributed by atoms with Gasteiger partial charge in [-0.05, 0) is 36.4 Å². The zero-order chi connectivity index (χ0) is 21.8. The summed E-state index contributed by atoms with van der Waals surface area (Å²) in [5, 5.41) is 11.7. The van der Waals surface area contributed by atoms with Crippen molar-refractivity contribution in [2.45, 2.75) is 0 Å². The van der Waals surface area contributed by atoms with Crippen molar-refractivity contribution in [3.8, 4) is 5.75 Å². The first-order valence-corrected chi connectivity index (χ1v) is 10.4. The van der Waals surface area contributed by atoms with Gasteiger partial charge in [0.05, 0.1) is 25.2 Å². The smallest absolute Gasteiger partial charge is 0.293 e. The highest BCUT2D eigenvalue weighted by atomic mass is 16.6. The molecular weight excluding hydrogens is 400 g/mol. The predicted molar refractivity (Wildman–Crippen MR) is 117 cm³/mol. The van der Waals surface area contributed by atoms with E-state index in [1.807, 2.05) is 29.2 Å². The monoisotopic (exact) mass is 426 g/mol. The third-order valence-corrected chi connectivity index (χ3v) is 5.78. The Morgan fingerprint density at radius 2 is 1.65 bits per heavy atom. The van der Waals surface area contributed by atoms with E-state index in [1.165, 1.54) is 6.07 Å². The van der Waals surface area contributed by atoms with E-state index in [0.717, 1.165) is 11.4 Å². The maximum atomic E-state index is 13.0. The van der Waals surface area contributed by atoms with Crippen molar-refractivity contribution in [1.29, 1.82) is 0 Å². The van der Waals surface area contributed by atoms with Crippen LogP contribution >= 0.6 is 0 Å². The quantitative estimate of drug-likeness (QED) is 0.536.